The molecule has 9 heteroatoms. The Labute approximate surface area is 163 Å². The molecule has 1 N–H and O–H groups in total. The maximum Gasteiger partial charge on any atom is 0.321 e. The molecular formula is C19H25N7O2. The van der Waals surface area contributed by atoms with Gasteiger partial charge in [0.1, 0.15) is 6.33 Å². The summed E-state index contributed by atoms with van der Waals surface area (Å²) in [4.78, 5) is 28.5. The molecule has 1 atom stereocenters. The number of likely N-dealkylation sites (tertiary alicyclic amines) is 1. The van der Waals surface area contributed by atoms with Crippen molar-refractivity contribution in [3.63, 3.8) is 0 Å². The molecule has 0 bridgehead atoms. The molecule has 0 spiro atoms. The van der Waals surface area contributed by atoms with Gasteiger partial charge in [0.15, 0.2) is 0 Å². The molecule has 1 aliphatic carbocycles. The first kappa shape index (κ1) is 18.4. The van der Waals surface area contributed by atoms with Gasteiger partial charge in [0.2, 0.25) is 5.91 Å². The molecule has 4 rings (SSSR count). The number of carbonyl (C=O) groups is 2. The van der Waals surface area contributed by atoms with E-state index >= 15 is 0 Å². The standard InChI is InChI=1S/C19H25N7O2/c1-24(11-14-10-18(27)25(12-14)16-4-2-3-5-16)19(28)21-15-6-8-17(9-7-15)26-13-20-22-23-26/h6-9,13-14,16H,2-5,10-12H2,1H3,(H,21,28)/t14-/m1/s1. The second-order valence-electron chi connectivity index (χ2n) is 7.67. The van der Waals surface area contributed by atoms with Gasteiger partial charge in [-0.2, -0.15) is 0 Å². The number of amides is 3. The van der Waals surface area contributed by atoms with E-state index in [1.807, 2.05) is 29.2 Å². The third kappa shape index (κ3) is 3.97. The summed E-state index contributed by atoms with van der Waals surface area (Å²) < 4.78 is 1.55. The quantitative estimate of drug-likeness (QED) is 0.851. The van der Waals surface area contributed by atoms with Gasteiger partial charge in [0.25, 0.3) is 0 Å². The average Bonchev–Trinajstić information content (AvgIpc) is 3.44. The summed E-state index contributed by atoms with van der Waals surface area (Å²) in [5.74, 6) is 0.440. The molecule has 1 aromatic heterocycles. The predicted molar refractivity (Wildman–Crippen MR) is 103 cm³/mol. The molecule has 3 amide bonds. The van der Waals surface area contributed by atoms with Crippen LogP contribution in [0.3, 0.4) is 0 Å². The Kier molecular flexibility index (Phi) is 5.23. The van der Waals surface area contributed by atoms with Gasteiger partial charge in [-0.05, 0) is 47.5 Å². The monoisotopic (exact) mass is 383 g/mol. The third-order valence-electron chi connectivity index (χ3n) is 5.61. The van der Waals surface area contributed by atoms with Crippen molar-refractivity contribution in [2.75, 3.05) is 25.5 Å². The summed E-state index contributed by atoms with van der Waals surface area (Å²) in [6.07, 6.45) is 6.72. The van der Waals surface area contributed by atoms with Gasteiger partial charge in [-0.25, -0.2) is 9.48 Å². The number of benzene rings is 1. The van der Waals surface area contributed by atoms with Crippen LogP contribution in [0, 0.1) is 5.92 Å². The first-order valence-corrected chi connectivity index (χ1v) is 9.75. The van der Waals surface area contributed by atoms with E-state index in [-0.39, 0.29) is 17.9 Å². The molecule has 2 fully saturated rings. The van der Waals surface area contributed by atoms with E-state index in [9.17, 15) is 9.59 Å². The lowest BCUT2D eigenvalue weighted by Crippen LogP contribution is -2.37. The number of rotatable bonds is 5. The van der Waals surface area contributed by atoms with Crippen molar-refractivity contribution in [3.05, 3.63) is 30.6 Å². The number of nitrogens with one attached hydrogen (secondary N) is 1. The van der Waals surface area contributed by atoms with E-state index < -0.39 is 0 Å². The molecule has 28 heavy (non-hydrogen) atoms. The van der Waals surface area contributed by atoms with Crippen molar-refractivity contribution >= 4 is 17.6 Å². The van der Waals surface area contributed by atoms with Gasteiger partial charge in [-0.3, -0.25) is 4.79 Å². The molecule has 1 aliphatic heterocycles. The van der Waals surface area contributed by atoms with E-state index in [0.717, 1.165) is 25.1 Å². The van der Waals surface area contributed by atoms with Gasteiger partial charge >= 0.3 is 6.03 Å². The lowest BCUT2D eigenvalue weighted by Gasteiger charge is -2.25. The van der Waals surface area contributed by atoms with Crippen molar-refractivity contribution in [2.24, 2.45) is 5.92 Å². The van der Waals surface area contributed by atoms with Crippen LogP contribution in [-0.2, 0) is 4.79 Å². The number of tetrazole rings is 1. The molecule has 1 saturated heterocycles. The van der Waals surface area contributed by atoms with Crippen LogP contribution >= 0.6 is 0 Å². The zero-order valence-electron chi connectivity index (χ0n) is 16.0. The number of nitrogens with zero attached hydrogens (tertiary/aromatic N) is 6. The van der Waals surface area contributed by atoms with Crippen molar-refractivity contribution in [2.45, 2.75) is 38.1 Å². The van der Waals surface area contributed by atoms with Crippen LogP contribution in [0.2, 0.25) is 0 Å². The van der Waals surface area contributed by atoms with Crippen molar-refractivity contribution in [1.29, 1.82) is 0 Å². The Morgan fingerprint density at radius 2 is 2.00 bits per heavy atom. The lowest BCUT2D eigenvalue weighted by atomic mass is 10.1. The van der Waals surface area contributed by atoms with Gasteiger partial charge in [0, 0.05) is 44.2 Å². The number of anilines is 1. The van der Waals surface area contributed by atoms with Crippen LogP contribution in [0.1, 0.15) is 32.1 Å². The number of hydrogen-bond acceptors (Lipinski definition) is 5. The topological polar surface area (TPSA) is 96.2 Å². The second kappa shape index (κ2) is 7.95. The van der Waals surface area contributed by atoms with Crippen LogP contribution in [0.4, 0.5) is 10.5 Å². The highest BCUT2D eigenvalue weighted by molar-refractivity contribution is 5.89. The summed E-state index contributed by atoms with van der Waals surface area (Å²) in [6.45, 7) is 1.34. The molecule has 148 valence electrons. The number of carbonyl (C=O) groups excluding carboxylic acids is 2. The Hall–Kier alpha value is -2.97. The normalized spacial score (nSPS) is 20.0. The molecule has 0 unspecified atom stereocenters. The first-order chi connectivity index (χ1) is 13.6. The number of hydrogen-bond donors (Lipinski definition) is 1. The molecule has 2 aromatic rings. The minimum Gasteiger partial charge on any atom is -0.339 e. The van der Waals surface area contributed by atoms with Crippen molar-refractivity contribution < 1.29 is 9.59 Å². The summed E-state index contributed by atoms with van der Waals surface area (Å²) in [5.41, 5.74) is 1.51. The highest BCUT2D eigenvalue weighted by Crippen LogP contribution is 2.29. The van der Waals surface area contributed by atoms with E-state index in [1.54, 1.807) is 16.6 Å². The molecule has 1 aromatic carbocycles. The van der Waals surface area contributed by atoms with Crippen LogP contribution < -0.4 is 5.32 Å². The third-order valence-corrected chi connectivity index (χ3v) is 5.61. The fraction of sp³-hybridized carbons (Fsp3) is 0.526. The van der Waals surface area contributed by atoms with Gasteiger partial charge in [-0.1, -0.05) is 12.8 Å². The van der Waals surface area contributed by atoms with Gasteiger partial charge in [-0.15, -0.1) is 5.10 Å². The first-order valence-electron chi connectivity index (χ1n) is 9.75. The van der Waals surface area contributed by atoms with Gasteiger partial charge < -0.3 is 15.1 Å². The zero-order valence-corrected chi connectivity index (χ0v) is 16.0. The summed E-state index contributed by atoms with van der Waals surface area (Å²) in [7, 11) is 1.77. The van der Waals surface area contributed by atoms with Crippen molar-refractivity contribution in [3.8, 4) is 5.69 Å². The van der Waals surface area contributed by atoms with Crippen LogP contribution in [0.15, 0.2) is 30.6 Å². The Balaban J connectivity index is 1.29. The SMILES string of the molecule is CN(C[C@H]1CC(=O)N(C2CCCC2)C1)C(=O)Nc1ccc(-n2cnnn2)cc1. The maximum atomic E-state index is 12.5. The molecule has 2 heterocycles. The van der Waals surface area contributed by atoms with E-state index in [2.05, 4.69) is 20.8 Å². The molecule has 2 aliphatic rings. The Bertz CT molecular complexity index is 815. The van der Waals surface area contributed by atoms with E-state index in [0.29, 0.717) is 24.7 Å². The molecular weight excluding hydrogens is 358 g/mol. The van der Waals surface area contributed by atoms with E-state index in [1.165, 1.54) is 19.2 Å². The Morgan fingerprint density at radius 1 is 1.25 bits per heavy atom. The van der Waals surface area contributed by atoms with E-state index in [4.69, 9.17) is 0 Å². The Morgan fingerprint density at radius 3 is 2.68 bits per heavy atom. The van der Waals surface area contributed by atoms with Crippen LogP contribution in [0.25, 0.3) is 5.69 Å². The molecule has 0 radical (unpaired) electrons. The minimum absolute atomic E-state index is 0.179. The minimum atomic E-state index is -0.179. The summed E-state index contributed by atoms with van der Waals surface area (Å²) in [6, 6.07) is 7.52. The predicted octanol–water partition coefficient (Wildman–Crippen LogP) is 1.92. The van der Waals surface area contributed by atoms with Gasteiger partial charge in [0.05, 0.1) is 5.69 Å². The second-order valence-corrected chi connectivity index (χ2v) is 7.67. The lowest BCUT2D eigenvalue weighted by molar-refractivity contribution is -0.129. The maximum absolute atomic E-state index is 12.5. The highest BCUT2D eigenvalue weighted by atomic mass is 16.2. The average molecular weight is 383 g/mol. The summed E-state index contributed by atoms with van der Waals surface area (Å²) >= 11 is 0. The smallest absolute Gasteiger partial charge is 0.321 e. The highest BCUT2D eigenvalue weighted by Gasteiger charge is 2.36. The largest absolute Gasteiger partial charge is 0.339 e. The fourth-order valence-corrected chi connectivity index (χ4v) is 4.17. The van der Waals surface area contributed by atoms with Crippen LogP contribution in [-0.4, -0.2) is 68.1 Å². The zero-order chi connectivity index (χ0) is 19.5. The van der Waals surface area contributed by atoms with Crippen molar-refractivity contribution in [1.82, 2.24) is 30.0 Å². The summed E-state index contributed by atoms with van der Waals surface area (Å²) in [5, 5.41) is 13.9. The molecule has 9 nitrogen and oxygen atoms in total. The molecule has 1 saturated carbocycles. The number of aromatic nitrogens is 4. The number of urea groups is 1. The fourth-order valence-electron chi connectivity index (χ4n) is 4.17. The van der Waals surface area contributed by atoms with Crippen LogP contribution in [0.5, 0.6) is 0 Å².